The summed E-state index contributed by atoms with van der Waals surface area (Å²) in [6.07, 6.45) is 1.80. The molecule has 0 fully saturated rings. The van der Waals surface area contributed by atoms with E-state index in [2.05, 4.69) is 63.6 Å². The fourth-order valence-corrected chi connectivity index (χ4v) is 2.37. The van der Waals surface area contributed by atoms with E-state index in [4.69, 9.17) is 0 Å². The molecule has 0 saturated heterocycles. The summed E-state index contributed by atoms with van der Waals surface area (Å²) in [5.41, 5.74) is 3.31. The normalized spacial score (nSPS) is 10.2. The third-order valence-corrected chi connectivity index (χ3v) is 2.91. The molecule has 0 saturated carbocycles. The number of benzene rings is 1. The first kappa shape index (κ1) is 12.9. The van der Waals surface area contributed by atoms with E-state index in [-0.39, 0.29) is 0 Å². The van der Waals surface area contributed by atoms with Crippen LogP contribution in [0.5, 0.6) is 0 Å². The fourth-order valence-electron chi connectivity index (χ4n) is 1.76. The Bertz CT molecular complexity index is 520. The molecule has 0 atom stereocenters. The lowest BCUT2D eigenvalue weighted by molar-refractivity contribution is 1.16. The molecule has 0 bridgehead atoms. The van der Waals surface area contributed by atoms with Gasteiger partial charge in [0.1, 0.15) is 5.82 Å². The largest absolute Gasteiger partial charge is 0.370 e. The molecule has 1 heterocycles. The van der Waals surface area contributed by atoms with Crippen molar-refractivity contribution < 1.29 is 0 Å². The number of aryl methyl sites for hydroxylation is 1. The number of rotatable bonds is 4. The average molecular weight is 306 g/mol. The lowest BCUT2D eigenvalue weighted by Crippen LogP contribution is -2.00. The summed E-state index contributed by atoms with van der Waals surface area (Å²) in [6, 6.07) is 10.2. The highest BCUT2D eigenvalue weighted by Crippen LogP contribution is 2.23. The van der Waals surface area contributed by atoms with Gasteiger partial charge in [0.05, 0.1) is 0 Å². The fraction of sp³-hybridized carbons (Fsp3) is 0.214. The minimum absolute atomic E-state index is 0.868. The molecule has 18 heavy (non-hydrogen) atoms. The summed E-state index contributed by atoms with van der Waals surface area (Å²) in [5, 5.41) is 6.57. The van der Waals surface area contributed by atoms with Crippen molar-refractivity contribution in [1.29, 1.82) is 0 Å². The summed E-state index contributed by atoms with van der Waals surface area (Å²) >= 11 is 3.50. The zero-order valence-corrected chi connectivity index (χ0v) is 12.1. The molecule has 0 unspecified atom stereocenters. The van der Waals surface area contributed by atoms with Crippen LogP contribution >= 0.6 is 15.9 Å². The summed E-state index contributed by atoms with van der Waals surface area (Å²) < 4.78 is 1.07. The summed E-state index contributed by atoms with van der Waals surface area (Å²) in [6.45, 7) is 5.00. The Morgan fingerprint density at radius 2 is 2.00 bits per heavy atom. The van der Waals surface area contributed by atoms with E-state index in [0.29, 0.717) is 0 Å². The molecule has 0 aliphatic heterocycles. The maximum atomic E-state index is 4.25. The van der Waals surface area contributed by atoms with Gasteiger partial charge in [0, 0.05) is 34.7 Å². The Morgan fingerprint density at radius 1 is 1.17 bits per heavy atom. The van der Waals surface area contributed by atoms with E-state index in [1.54, 1.807) is 6.20 Å². The first-order chi connectivity index (χ1) is 8.67. The molecular weight excluding hydrogens is 290 g/mol. The van der Waals surface area contributed by atoms with Crippen LogP contribution in [0.4, 0.5) is 17.2 Å². The second kappa shape index (κ2) is 5.87. The third-order valence-electron chi connectivity index (χ3n) is 2.45. The Balaban J connectivity index is 2.20. The molecule has 1 aromatic carbocycles. The number of anilines is 3. The van der Waals surface area contributed by atoms with Crippen LogP contribution in [-0.2, 0) is 0 Å². The molecule has 0 spiro atoms. The van der Waals surface area contributed by atoms with Crippen LogP contribution in [0.3, 0.4) is 0 Å². The first-order valence-electron chi connectivity index (χ1n) is 5.91. The SMILES string of the molecule is CCNc1cc(Nc2cc(C)cc(Br)c2)ccn1. The van der Waals surface area contributed by atoms with Gasteiger partial charge >= 0.3 is 0 Å². The van der Waals surface area contributed by atoms with Crippen molar-refractivity contribution >= 4 is 33.1 Å². The predicted octanol–water partition coefficient (Wildman–Crippen LogP) is 4.33. The lowest BCUT2D eigenvalue weighted by atomic mass is 10.2. The highest BCUT2D eigenvalue weighted by molar-refractivity contribution is 9.10. The maximum Gasteiger partial charge on any atom is 0.127 e. The smallest absolute Gasteiger partial charge is 0.127 e. The Morgan fingerprint density at radius 3 is 2.72 bits per heavy atom. The molecule has 3 nitrogen and oxygen atoms in total. The highest BCUT2D eigenvalue weighted by Gasteiger charge is 1.99. The van der Waals surface area contributed by atoms with Gasteiger partial charge in [0.15, 0.2) is 0 Å². The van der Waals surface area contributed by atoms with Crippen LogP contribution in [0.2, 0.25) is 0 Å². The number of pyridine rings is 1. The zero-order valence-electron chi connectivity index (χ0n) is 10.5. The van der Waals surface area contributed by atoms with E-state index < -0.39 is 0 Å². The van der Waals surface area contributed by atoms with Crippen LogP contribution in [-0.4, -0.2) is 11.5 Å². The molecule has 0 aliphatic carbocycles. The molecule has 4 heteroatoms. The van der Waals surface area contributed by atoms with Gasteiger partial charge in [-0.3, -0.25) is 0 Å². The quantitative estimate of drug-likeness (QED) is 0.883. The maximum absolute atomic E-state index is 4.25. The van der Waals surface area contributed by atoms with Crippen LogP contribution < -0.4 is 10.6 Å². The number of aromatic nitrogens is 1. The molecular formula is C14H16BrN3. The summed E-state index contributed by atoms with van der Waals surface area (Å²) in [7, 11) is 0. The number of nitrogens with one attached hydrogen (secondary N) is 2. The van der Waals surface area contributed by atoms with Gasteiger partial charge in [-0.25, -0.2) is 4.98 Å². The van der Waals surface area contributed by atoms with Crippen molar-refractivity contribution in [1.82, 2.24) is 4.98 Å². The van der Waals surface area contributed by atoms with Gasteiger partial charge in [-0.05, 0) is 43.7 Å². The van der Waals surface area contributed by atoms with Gasteiger partial charge in [0.25, 0.3) is 0 Å². The van der Waals surface area contributed by atoms with Crippen molar-refractivity contribution in [3.8, 4) is 0 Å². The van der Waals surface area contributed by atoms with Crippen molar-refractivity contribution in [2.45, 2.75) is 13.8 Å². The number of nitrogens with zero attached hydrogens (tertiary/aromatic N) is 1. The van der Waals surface area contributed by atoms with Crippen LogP contribution in [0, 0.1) is 6.92 Å². The third kappa shape index (κ3) is 3.47. The van der Waals surface area contributed by atoms with E-state index in [1.165, 1.54) is 5.56 Å². The average Bonchev–Trinajstić information content (AvgIpc) is 2.28. The highest BCUT2D eigenvalue weighted by atomic mass is 79.9. The van der Waals surface area contributed by atoms with Gasteiger partial charge in [0.2, 0.25) is 0 Å². The molecule has 2 rings (SSSR count). The first-order valence-corrected chi connectivity index (χ1v) is 6.71. The summed E-state index contributed by atoms with van der Waals surface area (Å²) in [4.78, 5) is 4.25. The predicted molar refractivity (Wildman–Crippen MR) is 80.6 cm³/mol. The summed E-state index contributed by atoms with van der Waals surface area (Å²) in [5.74, 6) is 0.884. The monoisotopic (exact) mass is 305 g/mol. The minimum Gasteiger partial charge on any atom is -0.370 e. The van der Waals surface area contributed by atoms with Crippen LogP contribution in [0.1, 0.15) is 12.5 Å². The van der Waals surface area contributed by atoms with Crippen molar-refractivity contribution in [2.75, 3.05) is 17.2 Å². The molecule has 1 aromatic heterocycles. The lowest BCUT2D eigenvalue weighted by Gasteiger charge is -2.09. The van der Waals surface area contributed by atoms with E-state index in [0.717, 1.165) is 28.2 Å². The molecule has 0 radical (unpaired) electrons. The standard InChI is InChI=1S/C14H16BrN3/c1-3-16-14-9-12(4-5-17-14)18-13-7-10(2)6-11(15)8-13/h4-9H,3H2,1-2H3,(H2,16,17,18). The van der Waals surface area contributed by atoms with Crippen molar-refractivity contribution in [3.63, 3.8) is 0 Å². The van der Waals surface area contributed by atoms with Crippen molar-refractivity contribution in [2.24, 2.45) is 0 Å². The number of hydrogen-bond acceptors (Lipinski definition) is 3. The Hall–Kier alpha value is -1.55. The molecule has 2 N–H and O–H groups in total. The molecule has 0 aliphatic rings. The van der Waals surface area contributed by atoms with E-state index in [1.807, 2.05) is 12.1 Å². The van der Waals surface area contributed by atoms with Gasteiger partial charge in [-0.2, -0.15) is 0 Å². The van der Waals surface area contributed by atoms with E-state index in [9.17, 15) is 0 Å². The van der Waals surface area contributed by atoms with Gasteiger partial charge < -0.3 is 10.6 Å². The zero-order chi connectivity index (χ0) is 13.0. The number of halogens is 1. The van der Waals surface area contributed by atoms with Crippen molar-refractivity contribution in [3.05, 3.63) is 46.6 Å². The topological polar surface area (TPSA) is 37.0 Å². The molecule has 0 amide bonds. The molecule has 94 valence electrons. The Kier molecular flexibility index (Phi) is 4.20. The van der Waals surface area contributed by atoms with Gasteiger partial charge in [-0.1, -0.05) is 15.9 Å². The molecule has 2 aromatic rings. The second-order valence-electron chi connectivity index (χ2n) is 4.10. The number of hydrogen-bond donors (Lipinski definition) is 2. The van der Waals surface area contributed by atoms with Crippen LogP contribution in [0.15, 0.2) is 41.0 Å². The van der Waals surface area contributed by atoms with Crippen LogP contribution in [0.25, 0.3) is 0 Å². The van der Waals surface area contributed by atoms with E-state index >= 15 is 0 Å². The minimum atomic E-state index is 0.868. The second-order valence-corrected chi connectivity index (χ2v) is 5.02. The Labute approximate surface area is 116 Å². The van der Waals surface area contributed by atoms with Gasteiger partial charge in [-0.15, -0.1) is 0 Å².